The fourth-order valence-electron chi connectivity index (χ4n) is 0. The molecule has 0 spiro atoms. The van der Waals surface area contributed by atoms with Crippen LogP contribution in [0.2, 0.25) is 0 Å². The molecule has 31 valence electrons. The quantitative estimate of drug-likeness (QED) is 0.263. The van der Waals surface area contributed by atoms with Gasteiger partial charge >= 0.3 is 0 Å². The summed E-state index contributed by atoms with van der Waals surface area (Å²) in [6.45, 7) is 3.19. The zero-order valence-corrected chi connectivity index (χ0v) is 2.44. The standard InChI is InChI=1S/C2H7N2.Al.3H/c1-2(3)4;;;;/h2H,1,3-4H2;;;;. The van der Waals surface area contributed by atoms with Gasteiger partial charge < -0.3 is 11.5 Å². The highest BCUT2D eigenvalue weighted by molar-refractivity contribution is 5.75. The van der Waals surface area contributed by atoms with Gasteiger partial charge in [0.15, 0.2) is 17.4 Å². The highest BCUT2D eigenvalue weighted by atomic mass is 27.0. The van der Waals surface area contributed by atoms with Crippen LogP contribution in [0.15, 0.2) is 0 Å². The topological polar surface area (TPSA) is 52.0 Å². The smallest absolute Gasteiger partial charge is 0.187 e. The summed E-state index contributed by atoms with van der Waals surface area (Å²) < 4.78 is 0. The van der Waals surface area contributed by atoms with Crippen molar-refractivity contribution in [3.8, 4) is 0 Å². The Hall–Kier alpha value is 0.452. The highest BCUT2D eigenvalue weighted by Gasteiger charge is 1.66. The minimum Gasteiger partial charge on any atom is -0.316 e. The molecule has 0 unspecified atom stereocenters. The van der Waals surface area contributed by atoms with E-state index in [1.54, 1.807) is 0 Å². The Labute approximate surface area is 42.7 Å². The largest absolute Gasteiger partial charge is 0.316 e. The molecule has 1 radical (unpaired) electrons. The van der Waals surface area contributed by atoms with Crippen LogP contribution in [0, 0.1) is 6.92 Å². The van der Waals surface area contributed by atoms with Crippen molar-refractivity contribution in [1.29, 1.82) is 0 Å². The molecule has 0 rings (SSSR count). The first-order valence-electron chi connectivity index (χ1n) is 1.07. The van der Waals surface area contributed by atoms with Gasteiger partial charge in [0, 0.05) is 0 Å². The van der Waals surface area contributed by atoms with Crippen LogP contribution in [0.25, 0.3) is 0 Å². The Kier molecular flexibility index (Phi) is 8.08. The molecule has 5 heavy (non-hydrogen) atoms. The molecule has 0 atom stereocenters. The van der Waals surface area contributed by atoms with E-state index < -0.39 is 6.17 Å². The van der Waals surface area contributed by atoms with E-state index >= 15 is 0 Å². The molecule has 0 amide bonds. The minimum atomic E-state index is -0.417. The number of hydrogen-bond acceptors (Lipinski definition) is 2. The van der Waals surface area contributed by atoms with Gasteiger partial charge in [-0.15, -0.1) is 0 Å². The Balaban J connectivity index is 0. The predicted molar refractivity (Wildman–Crippen MR) is 27.5 cm³/mol. The van der Waals surface area contributed by atoms with Crippen LogP contribution in [0.4, 0.5) is 0 Å². The summed E-state index contributed by atoms with van der Waals surface area (Å²) >= 11 is 0. The van der Waals surface area contributed by atoms with Crippen LogP contribution >= 0.6 is 0 Å². The van der Waals surface area contributed by atoms with Crippen molar-refractivity contribution in [1.82, 2.24) is 0 Å². The van der Waals surface area contributed by atoms with Crippen LogP contribution in [0.1, 0.15) is 0 Å². The zero-order chi connectivity index (χ0) is 3.58. The molecule has 0 aromatic carbocycles. The first kappa shape index (κ1) is 9.07. The van der Waals surface area contributed by atoms with E-state index in [1.807, 2.05) is 0 Å². The third-order valence-corrected chi connectivity index (χ3v) is 0. The molecule has 0 heterocycles. The van der Waals surface area contributed by atoms with Crippen molar-refractivity contribution >= 4 is 17.4 Å². The number of rotatable bonds is 0. The van der Waals surface area contributed by atoms with E-state index in [0.29, 0.717) is 0 Å². The van der Waals surface area contributed by atoms with E-state index in [4.69, 9.17) is 11.5 Å². The number of nitrogens with two attached hydrogens (primary N) is 2. The molecule has 0 aromatic heterocycles. The molecular formula is C2H10AlN2. The van der Waals surface area contributed by atoms with Gasteiger partial charge in [-0.25, -0.2) is 0 Å². The molecule has 0 aliphatic carbocycles. The summed E-state index contributed by atoms with van der Waals surface area (Å²) in [5, 5.41) is 0. The van der Waals surface area contributed by atoms with Gasteiger partial charge in [0.05, 0.1) is 6.17 Å². The second-order valence-electron chi connectivity index (χ2n) is 0.664. The molecule has 0 saturated heterocycles. The summed E-state index contributed by atoms with van der Waals surface area (Å²) in [6, 6.07) is 0. The van der Waals surface area contributed by atoms with Crippen molar-refractivity contribution < 1.29 is 0 Å². The fraction of sp³-hybridized carbons (Fsp3) is 0.500. The molecule has 0 aliphatic rings. The second kappa shape index (κ2) is 4.45. The Morgan fingerprint density at radius 3 is 1.40 bits per heavy atom. The van der Waals surface area contributed by atoms with Crippen LogP contribution in [0.5, 0.6) is 0 Å². The Morgan fingerprint density at radius 2 is 1.40 bits per heavy atom. The van der Waals surface area contributed by atoms with Crippen LogP contribution in [-0.2, 0) is 0 Å². The first-order chi connectivity index (χ1) is 1.73. The van der Waals surface area contributed by atoms with E-state index in [2.05, 4.69) is 6.92 Å². The summed E-state index contributed by atoms with van der Waals surface area (Å²) in [4.78, 5) is 0. The van der Waals surface area contributed by atoms with E-state index in [1.165, 1.54) is 0 Å². The molecule has 3 heteroatoms. The maximum atomic E-state index is 4.78. The summed E-state index contributed by atoms with van der Waals surface area (Å²) in [5.74, 6) is 0. The van der Waals surface area contributed by atoms with Crippen molar-refractivity contribution in [3.05, 3.63) is 6.92 Å². The lowest BCUT2D eigenvalue weighted by molar-refractivity contribution is 0.872. The maximum Gasteiger partial charge on any atom is 0.187 e. The van der Waals surface area contributed by atoms with Crippen LogP contribution in [-0.4, -0.2) is 23.5 Å². The molecule has 0 aliphatic heterocycles. The lowest BCUT2D eigenvalue weighted by Gasteiger charge is -1.83. The van der Waals surface area contributed by atoms with Crippen LogP contribution in [0.3, 0.4) is 0 Å². The maximum absolute atomic E-state index is 4.78. The van der Waals surface area contributed by atoms with Gasteiger partial charge in [0.25, 0.3) is 0 Å². The molecular weight excluding hydrogens is 79.0 g/mol. The second-order valence-corrected chi connectivity index (χ2v) is 0.664. The van der Waals surface area contributed by atoms with E-state index in [0.717, 1.165) is 0 Å². The zero-order valence-electron chi connectivity index (χ0n) is 2.44. The minimum absolute atomic E-state index is 0. The third-order valence-electron chi connectivity index (χ3n) is 0. The Bertz CT molecular complexity index is 12.4. The lowest BCUT2D eigenvalue weighted by atomic mass is 10.7. The highest BCUT2D eigenvalue weighted by Crippen LogP contribution is 1.39. The molecule has 0 saturated carbocycles. The van der Waals surface area contributed by atoms with Crippen LogP contribution < -0.4 is 11.5 Å². The van der Waals surface area contributed by atoms with E-state index in [-0.39, 0.29) is 17.4 Å². The molecule has 4 N–H and O–H groups in total. The third kappa shape index (κ3) is 131. The predicted octanol–water partition coefficient (Wildman–Crippen LogP) is -2.12. The van der Waals surface area contributed by atoms with Gasteiger partial charge in [-0.05, 0) is 6.92 Å². The fourth-order valence-corrected chi connectivity index (χ4v) is 0. The van der Waals surface area contributed by atoms with Gasteiger partial charge in [-0.2, -0.15) is 0 Å². The molecule has 2 nitrogen and oxygen atoms in total. The van der Waals surface area contributed by atoms with Gasteiger partial charge in [-0.3, -0.25) is 0 Å². The monoisotopic (exact) mass is 89.1 g/mol. The van der Waals surface area contributed by atoms with Crippen molar-refractivity contribution in [2.75, 3.05) is 0 Å². The summed E-state index contributed by atoms with van der Waals surface area (Å²) in [7, 11) is 0. The summed E-state index contributed by atoms with van der Waals surface area (Å²) in [5.41, 5.74) is 9.56. The number of hydrogen-bond donors (Lipinski definition) is 2. The van der Waals surface area contributed by atoms with Gasteiger partial charge in [-0.1, -0.05) is 0 Å². The van der Waals surface area contributed by atoms with Crippen molar-refractivity contribution in [2.45, 2.75) is 6.17 Å². The lowest BCUT2D eigenvalue weighted by Crippen LogP contribution is -2.25. The molecule has 0 fully saturated rings. The average Bonchev–Trinajstić information content (AvgIpc) is 0.811. The SMILES string of the molecule is [AlH3].[CH2]C(N)N. The van der Waals surface area contributed by atoms with Crippen molar-refractivity contribution in [3.63, 3.8) is 0 Å². The van der Waals surface area contributed by atoms with Crippen molar-refractivity contribution in [2.24, 2.45) is 11.5 Å². The van der Waals surface area contributed by atoms with E-state index in [9.17, 15) is 0 Å². The van der Waals surface area contributed by atoms with Gasteiger partial charge in [0.1, 0.15) is 0 Å². The molecule has 0 aromatic rings. The summed E-state index contributed by atoms with van der Waals surface area (Å²) in [6.07, 6.45) is -0.417. The molecule has 0 bridgehead atoms. The normalized spacial score (nSPS) is 7.20. The van der Waals surface area contributed by atoms with Gasteiger partial charge in [0.2, 0.25) is 0 Å². The average molecular weight is 89.1 g/mol. The first-order valence-corrected chi connectivity index (χ1v) is 1.07. The Morgan fingerprint density at radius 1 is 1.40 bits per heavy atom.